The number of aryl methyl sites for hydroxylation is 1. The van der Waals surface area contributed by atoms with E-state index in [1.807, 2.05) is 19.1 Å². The zero-order chi connectivity index (χ0) is 13.7. The van der Waals surface area contributed by atoms with Gasteiger partial charge in [-0.05, 0) is 59.1 Å². The number of halogens is 1. The fourth-order valence-corrected chi connectivity index (χ4v) is 2.05. The number of nitrogens with two attached hydrogens (primary N) is 1. The second-order valence-electron chi connectivity index (χ2n) is 4.47. The number of pyridine rings is 1. The lowest BCUT2D eigenvalue weighted by Crippen LogP contribution is -2.04. The van der Waals surface area contributed by atoms with Gasteiger partial charge in [0.05, 0.1) is 5.69 Å². The van der Waals surface area contributed by atoms with E-state index >= 15 is 0 Å². The number of benzene rings is 1. The number of hydrogen-bond acceptors (Lipinski definition) is 3. The monoisotopic (exact) mass is 319 g/mol. The van der Waals surface area contributed by atoms with E-state index in [1.54, 1.807) is 0 Å². The Morgan fingerprint density at radius 3 is 2.42 bits per heavy atom. The smallest absolute Gasteiger partial charge is 0.126 e. The molecule has 2 aromatic rings. The lowest BCUT2D eigenvalue weighted by Gasteiger charge is -2.08. The van der Waals surface area contributed by atoms with Gasteiger partial charge in [-0.15, -0.1) is 0 Å². The number of hydrogen-bond donors (Lipinski definition) is 2. The molecule has 0 aliphatic carbocycles. The summed E-state index contributed by atoms with van der Waals surface area (Å²) in [6, 6.07) is 12.5. The van der Waals surface area contributed by atoms with Gasteiger partial charge in [0.15, 0.2) is 0 Å². The van der Waals surface area contributed by atoms with Crippen LogP contribution >= 0.6 is 15.9 Å². The second kappa shape index (κ2) is 6.68. The van der Waals surface area contributed by atoms with Crippen molar-refractivity contribution in [2.45, 2.75) is 19.9 Å². The van der Waals surface area contributed by atoms with E-state index in [4.69, 9.17) is 5.73 Å². The van der Waals surface area contributed by atoms with E-state index in [1.165, 1.54) is 11.1 Å². The first-order valence-corrected chi connectivity index (χ1v) is 7.13. The molecule has 0 unspecified atom stereocenters. The molecule has 2 rings (SSSR count). The molecule has 0 saturated carbocycles. The molecular formula is C15H18BrN3. The first-order chi connectivity index (χ1) is 9.19. The van der Waals surface area contributed by atoms with Crippen molar-refractivity contribution in [3.8, 4) is 0 Å². The quantitative estimate of drug-likeness (QED) is 0.889. The summed E-state index contributed by atoms with van der Waals surface area (Å²) in [5.74, 6) is 0.895. The van der Waals surface area contributed by atoms with Gasteiger partial charge in [-0.2, -0.15) is 0 Å². The summed E-state index contributed by atoms with van der Waals surface area (Å²) in [6.07, 6.45) is 0.932. The molecule has 1 aromatic carbocycles. The first kappa shape index (κ1) is 14.0. The van der Waals surface area contributed by atoms with Crippen molar-refractivity contribution in [1.82, 2.24) is 4.98 Å². The Balaban J connectivity index is 1.96. The topological polar surface area (TPSA) is 50.9 Å². The van der Waals surface area contributed by atoms with Crippen molar-refractivity contribution >= 4 is 21.7 Å². The molecule has 19 heavy (non-hydrogen) atoms. The van der Waals surface area contributed by atoms with E-state index in [-0.39, 0.29) is 0 Å². The van der Waals surface area contributed by atoms with Gasteiger partial charge in [-0.25, -0.2) is 4.98 Å². The van der Waals surface area contributed by atoms with Gasteiger partial charge in [-0.1, -0.05) is 24.3 Å². The van der Waals surface area contributed by atoms with Gasteiger partial charge in [0.2, 0.25) is 0 Å². The third kappa shape index (κ3) is 4.04. The molecule has 3 nitrogen and oxygen atoms in total. The maximum atomic E-state index is 5.54. The molecule has 0 aliphatic heterocycles. The largest absolute Gasteiger partial charge is 0.366 e. The highest BCUT2D eigenvalue weighted by Crippen LogP contribution is 2.16. The lowest BCUT2D eigenvalue weighted by molar-refractivity contribution is 0.965. The van der Waals surface area contributed by atoms with Gasteiger partial charge in [0.1, 0.15) is 5.82 Å². The molecular weight excluding hydrogens is 302 g/mol. The van der Waals surface area contributed by atoms with Gasteiger partial charge < -0.3 is 11.1 Å². The minimum atomic E-state index is 0.694. The van der Waals surface area contributed by atoms with Crippen LogP contribution in [-0.4, -0.2) is 11.5 Å². The second-order valence-corrected chi connectivity index (χ2v) is 5.33. The van der Waals surface area contributed by atoms with Gasteiger partial charge in [0, 0.05) is 11.0 Å². The fraction of sp³-hybridized carbons (Fsp3) is 0.267. The van der Waals surface area contributed by atoms with Crippen LogP contribution in [0.25, 0.3) is 0 Å². The highest BCUT2D eigenvalue weighted by molar-refractivity contribution is 9.10. The van der Waals surface area contributed by atoms with E-state index in [0.717, 1.165) is 29.0 Å². The van der Waals surface area contributed by atoms with E-state index < -0.39 is 0 Å². The van der Waals surface area contributed by atoms with E-state index in [2.05, 4.69) is 50.5 Å². The standard InChI is InChI=1S/C15H18BrN3/c1-11-14(16)6-7-15(19-11)18-10-13-4-2-12(3-5-13)8-9-17/h2-7H,8-10,17H2,1H3,(H,18,19). The maximum Gasteiger partial charge on any atom is 0.126 e. The molecule has 0 aliphatic rings. The molecule has 1 heterocycles. The Morgan fingerprint density at radius 2 is 1.79 bits per heavy atom. The van der Waals surface area contributed by atoms with Crippen molar-refractivity contribution in [3.63, 3.8) is 0 Å². The zero-order valence-corrected chi connectivity index (χ0v) is 12.6. The Morgan fingerprint density at radius 1 is 1.11 bits per heavy atom. The van der Waals surface area contributed by atoms with Crippen LogP contribution in [0, 0.1) is 6.92 Å². The molecule has 0 saturated heterocycles. The highest BCUT2D eigenvalue weighted by Gasteiger charge is 1.99. The van der Waals surface area contributed by atoms with Gasteiger partial charge in [0.25, 0.3) is 0 Å². The van der Waals surface area contributed by atoms with Crippen LogP contribution in [0.4, 0.5) is 5.82 Å². The van der Waals surface area contributed by atoms with Crippen molar-refractivity contribution in [3.05, 3.63) is 57.7 Å². The predicted octanol–water partition coefficient (Wildman–Crippen LogP) is 3.27. The van der Waals surface area contributed by atoms with Crippen molar-refractivity contribution in [2.24, 2.45) is 5.73 Å². The van der Waals surface area contributed by atoms with Gasteiger partial charge >= 0.3 is 0 Å². The van der Waals surface area contributed by atoms with Crippen molar-refractivity contribution in [1.29, 1.82) is 0 Å². The molecule has 0 fully saturated rings. The fourth-order valence-electron chi connectivity index (χ4n) is 1.83. The van der Waals surface area contributed by atoms with Crippen LogP contribution in [0.3, 0.4) is 0 Å². The summed E-state index contributed by atoms with van der Waals surface area (Å²) in [6.45, 7) is 3.45. The summed E-state index contributed by atoms with van der Waals surface area (Å²) in [5.41, 5.74) is 9.04. The first-order valence-electron chi connectivity index (χ1n) is 6.34. The summed E-state index contributed by atoms with van der Waals surface area (Å²) in [4.78, 5) is 4.46. The van der Waals surface area contributed by atoms with Gasteiger partial charge in [-0.3, -0.25) is 0 Å². The van der Waals surface area contributed by atoms with Crippen LogP contribution in [0.1, 0.15) is 16.8 Å². The maximum absolute atomic E-state index is 5.54. The number of nitrogens with zero attached hydrogens (tertiary/aromatic N) is 1. The average molecular weight is 320 g/mol. The third-order valence-corrected chi connectivity index (χ3v) is 3.79. The summed E-state index contributed by atoms with van der Waals surface area (Å²) in [7, 11) is 0. The van der Waals surface area contributed by atoms with E-state index in [0.29, 0.717) is 6.54 Å². The van der Waals surface area contributed by atoms with Crippen molar-refractivity contribution < 1.29 is 0 Å². The predicted molar refractivity (Wildman–Crippen MR) is 83.2 cm³/mol. The summed E-state index contributed by atoms with van der Waals surface area (Å²) in [5, 5.41) is 3.32. The van der Waals surface area contributed by atoms with Crippen LogP contribution in [0.5, 0.6) is 0 Å². The molecule has 0 bridgehead atoms. The summed E-state index contributed by atoms with van der Waals surface area (Å²) >= 11 is 3.45. The molecule has 4 heteroatoms. The van der Waals surface area contributed by atoms with Crippen LogP contribution in [-0.2, 0) is 13.0 Å². The molecule has 0 atom stereocenters. The molecule has 100 valence electrons. The molecule has 0 radical (unpaired) electrons. The number of anilines is 1. The highest BCUT2D eigenvalue weighted by atomic mass is 79.9. The lowest BCUT2D eigenvalue weighted by atomic mass is 10.1. The number of rotatable bonds is 5. The molecule has 0 spiro atoms. The van der Waals surface area contributed by atoms with Crippen LogP contribution in [0.2, 0.25) is 0 Å². The molecule has 0 amide bonds. The Kier molecular flexibility index (Phi) is 4.93. The Labute approximate surface area is 122 Å². The van der Waals surface area contributed by atoms with E-state index in [9.17, 15) is 0 Å². The Hall–Kier alpha value is -1.39. The minimum Gasteiger partial charge on any atom is -0.366 e. The third-order valence-electron chi connectivity index (χ3n) is 2.95. The van der Waals surface area contributed by atoms with Crippen LogP contribution < -0.4 is 11.1 Å². The number of aromatic nitrogens is 1. The Bertz CT molecular complexity index is 538. The SMILES string of the molecule is Cc1nc(NCc2ccc(CCN)cc2)ccc1Br. The van der Waals surface area contributed by atoms with Crippen molar-refractivity contribution in [2.75, 3.05) is 11.9 Å². The average Bonchev–Trinajstić information content (AvgIpc) is 2.42. The van der Waals surface area contributed by atoms with Crippen LogP contribution in [0.15, 0.2) is 40.9 Å². The minimum absolute atomic E-state index is 0.694. The molecule has 3 N–H and O–H groups in total. The summed E-state index contributed by atoms with van der Waals surface area (Å²) < 4.78 is 1.03. The molecule has 1 aromatic heterocycles. The normalized spacial score (nSPS) is 10.5. The number of nitrogens with one attached hydrogen (secondary N) is 1. The zero-order valence-electron chi connectivity index (χ0n) is 11.0.